The number of aliphatic carboxylic acids is 1. The first-order chi connectivity index (χ1) is 5.09. The van der Waals surface area contributed by atoms with E-state index in [-0.39, 0.29) is 18.5 Å². The van der Waals surface area contributed by atoms with E-state index in [0.29, 0.717) is 6.42 Å². The van der Waals surface area contributed by atoms with Gasteiger partial charge in [-0.1, -0.05) is 0 Å². The van der Waals surface area contributed by atoms with E-state index < -0.39 is 11.9 Å². The van der Waals surface area contributed by atoms with E-state index in [4.69, 9.17) is 9.84 Å². The van der Waals surface area contributed by atoms with Crippen LogP contribution in [-0.4, -0.2) is 23.1 Å². The molecule has 0 saturated carbocycles. The quantitative estimate of drug-likeness (QED) is 0.591. The van der Waals surface area contributed by atoms with Crippen LogP contribution in [0.5, 0.6) is 0 Å². The molecule has 11 heavy (non-hydrogen) atoms. The molecule has 0 bridgehead atoms. The summed E-state index contributed by atoms with van der Waals surface area (Å²) in [7, 11) is 0. The number of hydrogen-bond donors (Lipinski definition) is 1. The van der Waals surface area contributed by atoms with Gasteiger partial charge in [-0.15, -0.1) is 0 Å². The molecule has 0 aromatic heterocycles. The number of cyclic esters (lactones) is 1. The fraction of sp³-hybridized carbons (Fsp3) is 0.714. The number of carbonyl (C=O) groups is 2. The third-order valence-corrected chi connectivity index (χ3v) is 1.69. The predicted molar refractivity (Wildman–Crippen MR) is 35.9 cm³/mol. The molecule has 0 spiro atoms. The third kappa shape index (κ3) is 1.93. The Labute approximate surface area is 64.2 Å². The summed E-state index contributed by atoms with van der Waals surface area (Å²) < 4.78 is 4.77. The summed E-state index contributed by atoms with van der Waals surface area (Å²) in [6, 6.07) is 0. The van der Waals surface area contributed by atoms with Crippen molar-refractivity contribution in [3.8, 4) is 0 Å². The van der Waals surface area contributed by atoms with Gasteiger partial charge in [-0.25, -0.2) is 0 Å². The van der Waals surface area contributed by atoms with Crippen LogP contribution in [0.4, 0.5) is 0 Å². The second-order valence-electron chi connectivity index (χ2n) is 2.78. The van der Waals surface area contributed by atoms with Crippen molar-refractivity contribution in [1.29, 1.82) is 0 Å². The Bertz CT molecular complexity index is 187. The zero-order chi connectivity index (χ0) is 8.43. The maximum Gasteiger partial charge on any atom is 0.309 e. The van der Waals surface area contributed by atoms with E-state index in [1.165, 1.54) is 0 Å². The highest BCUT2D eigenvalue weighted by atomic mass is 16.5. The lowest BCUT2D eigenvalue weighted by Gasteiger charge is -1.97. The molecule has 1 N–H and O–H groups in total. The molecule has 2 atom stereocenters. The average Bonchev–Trinajstić information content (AvgIpc) is 2.09. The van der Waals surface area contributed by atoms with Crippen LogP contribution < -0.4 is 0 Å². The lowest BCUT2D eigenvalue weighted by molar-refractivity contribution is -0.148. The molecule has 1 aliphatic heterocycles. The van der Waals surface area contributed by atoms with Gasteiger partial charge in [0, 0.05) is 0 Å². The van der Waals surface area contributed by atoms with Crippen molar-refractivity contribution in [1.82, 2.24) is 0 Å². The second-order valence-corrected chi connectivity index (χ2v) is 2.78. The average molecular weight is 158 g/mol. The maximum absolute atomic E-state index is 10.8. The summed E-state index contributed by atoms with van der Waals surface area (Å²) in [4.78, 5) is 21.0. The molecule has 0 radical (unpaired) electrons. The topological polar surface area (TPSA) is 63.6 Å². The maximum atomic E-state index is 10.8. The Balaban J connectivity index is 2.47. The Hall–Kier alpha value is -1.06. The van der Waals surface area contributed by atoms with Gasteiger partial charge in [0.2, 0.25) is 0 Å². The normalized spacial score (nSPS) is 30.1. The van der Waals surface area contributed by atoms with Gasteiger partial charge in [0.05, 0.1) is 18.4 Å². The molecule has 1 unspecified atom stereocenters. The van der Waals surface area contributed by atoms with Crippen molar-refractivity contribution >= 4 is 11.9 Å². The first-order valence-electron chi connectivity index (χ1n) is 3.52. The molecular formula is C7H10O4. The van der Waals surface area contributed by atoms with Crippen LogP contribution >= 0.6 is 0 Å². The third-order valence-electron chi connectivity index (χ3n) is 1.69. The lowest BCUT2D eigenvalue weighted by Crippen LogP contribution is -2.12. The number of rotatable bonds is 2. The standard InChI is InChI=1S/C7H10O4/c1-4-2-5(3-6(8)9)7(10)11-4/h4-5H,2-3H2,1H3,(H,8,9)/t4-,5?/m1/s1. The van der Waals surface area contributed by atoms with Crippen LogP contribution in [0.2, 0.25) is 0 Å². The molecule has 1 heterocycles. The minimum atomic E-state index is -0.943. The monoisotopic (exact) mass is 158 g/mol. The fourth-order valence-corrected chi connectivity index (χ4v) is 1.22. The highest BCUT2D eigenvalue weighted by molar-refractivity contribution is 5.80. The zero-order valence-electron chi connectivity index (χ0n) is 6.24. The molecule has 0 aromatic carbocycles. The number of ether oxygens (including phenoxy) is 1. The van der Waals surface area contributed by atoms with Gasteiger partial charge >= 0.3 is 11.9 Å². The number of carboxylic acid groups (broad SMARTS) is 1. The van der Waals surface area contributed by atoms with E-state index in [1.807, 2.05) is 0 Å². The van der Waals surface area contributed by atoms with Gasteiger partial charge in [-0.2, -0.15) is 0 Å². The summed E-state index contributed by atoms with van der Waals surface area (Å²) in [6.45, 7) is 1.76. The SMILES string of the molecule is C[C@@H]1CC(CC(=O)O)C(=O)O1. The molecule has 1 rings (SSSR count). The van der Waals surface area contributed by atoms with Gasteiger partial charge < -0.3 is 9.84 Å². The first kappa shape index (κ1) is 8.04. The van der Waals surface area contributed by atoms with Crippen LogP contribution in [0.25, 0.3) is 0 Å². The van der Waals surface area contributed by atoms with Gasteiger partial charge in [0.1, 0.15) is 0 Å². The smallest absolute Gasteiger partial charge is 0.309 e. The number of carboxylic acids is 1. The summed E-state index contributed by atoms with van der Waals surface area (Å²) >= 11 is 0. The predicted octanol–water partition coefficient (Wildman–Crippen LogP) is 0.413. The van der Waals surface area contributed by atoms with Crippen molar-refractivity contribution in [3.63, 3.8) is 0 Å². The molecule has 1 aliphatic rings. The molecular weight excluding hydrogens is 148 g/mol. The summed E-state index contributed by atoms with van der Waals surface area (Å²) in [5.41, 5.74) is 0. The van der Waals surface area contributed by atoms with Crippen molar-refractivity contribution in [2.45, 2.75) is 25.9 Å². The molecule has 62 valence electrons. The van der Waals surface area contributed by atoms with Gasteiger partial charge in [0.25, 0.3) is 0 Å². The van der Waals surface area contributed by atoms with Crippen molar-refractivity contribution < 1.29 is 19.4 Å². The van der Waals surface area contributed by atoms with E-state index in [0.717, 1.165) is 0 Å². The molecule has 4 nitrogen and oxygen atoms in total. The first-order valence-corrected chi connectivity index (χ1v) is 3.52. The van der Waals surface area contributed by atoms with Crippen LogP contribution in [0.15, 0.2) is 0 Å². The Morgan fingerprint density at radius 1 is 1.82 bits per heavy atom. The van der Waals surface area contributed by atoms with Crippen LogP contribution in [0.1, 0.15) is 19.8 Å². The molecule has 0 amide bonds. The van der Waals surface area contributed by atoms with Gasteiger partial charge in [0.15, 0.2) is 0 Å². The van der Waals surface area contributed by atoms with E-state index >= 15 is 0 Å². The highest BCUT2D eigenvalue weighted by Gasteiger charge is 2.33. The number of esters is 1. The van der Waals surface area contributed by atoms with Crippen LogP contribution in [0, 0.1) is 5.92 Å². The molecule has 0 aromatic rings. The van der Waals surface area contributed by atoms with Crippen molar-refractivity contribution in [2.24, 2.45) is 5.92 Å². The van der Waals surface area contributed by atoms with Crippen LogP contribution in [0.3, 0.4) is 0 Å². The van der Waals surface area contributed by atoms with E-state index in [9.17, 15) is 9.59 Å². The lowest BCUT2D eigenvalue weighted by atomic mass is 10.0. The second kappa shape index (κ2) is 2.90. The van der Waals surface area contributed by atoms with Crippen LogP contribution in [-0.2, 0) is 14.3 Å². The molecule has 0 aliphatic carbocycles. The Morgan fingerprint density at radius 2 is 2.45 bits per heavy atom. The van der Waals surface area contributed by atoms with Crippen molar-refractivity contribution in [3.05, 3.63) is 0 Å². The summed E-state index contributed by atoms with van der Waals surface area (Å²) in [5, 5.41) is 8.37. The molecule has 4 heteroatoms. The fourth-order valence-electron chi connectivity index (χ4n) is 1.22. The summed E-state index contributed by atoms with van der Waals surface area (Å²) in [5.74, 6) is -1.75. The zero-order valence-corrected chi connectivity index (χ0v) is 6.24. The van der Waals surface area contributed by atoms with Gasteiger partial charge in [-0.3, -0.25) is 9.59 Å². The Morgan fingerprint density at radius 3 is 2.82 bits per heavy atom. The van der Waals surface area contributed by atoms with Gasteiger partial charge in [-0.05, 0) is 13.3 Å². The summed E-state index contributed by atoms with van der Waals surface area (Å²) in [6.07, 6.45) is 0.306. The molecule has 1 fully saturated rings. The highest BCUT2D eigenvalue weighted by Crippen LogP contribution is 2.23. The van der Waals surface area contributed by atoms with Crippen molar-refractivity contribution in [2.75, 3.05) is 0 Å². The minimum Gasteiger partial charge on any atom is -0.481 e. The number of hydrogen-bond acceptors (Lipinski definition) is 3. The number of carbonyl (C=O) groups excluding carboxylic acids is 1. The van der Waals surface area contributed by atoms with E-state index in [2.05, 4.69) is 0 Å². The Kier molecular flexibility index (Phi) is 2.12. The largest absolute Gasteiger partial charge is 0.481 e. The molecule has 1 saturated heterocycles. The van der Waals surface area contributed by atoms with E-state index in [1.54, 1.807) is 6.92 Å². The minimum absolute atomic E-state index is 0.108.